The van der Waals surface area contributed by atoms with Gasteiger partial charge in [-0.15, -0.1) is 0 Å². The van der Waals surface area contributed by atoms with Crippen LogP contribution >= 0.6 is 24.0 Å². The van der Waals surface area contributed by atoms with Crippen molar-refractivity contribution in [3.8, 4) is 0 Å². The second-order valence-corrected chi connectivity index (χ2v) is 5.83. The molecule has 0 aliphatic carbocycles. The summed E-state index contributed by atoms with van der Waals surface area (Å²) in [6.07, 6.45) is 0. The van der Waals surface area contributed by atoms with E-state index in [1.54, 1.807) is 19.0 Å². The standard InChI is InChI=1S/C11H18N4O2S2/c1-5-15(6-2)11(18)19-7-8(16)12-10(14(3)4)13-9(7)17/h7H,5-6H2,1-4H3,(H,12,13,16,17). The molecule has 0 radical (unpaired) electrons. The molecular formula is C11H18N4O2S2. The molecule has 6 nitrogen and oxygen atoms in total. The summed E-state index contributed by atoms with van der Waals surface area (Å²) in [5.74, 6) is -0.573. The van der Waals surface area contributed by atoms with Crippen molar-refractivity contribution < 1.29 is 9.59 Å². The fourth-order valence-electron chi connectivity index (χ4n) is 1.45. The summed E-state index contributed by atoms with van der Waals surface area (Å²) in [6.45, 7) is 5.44. The SMILES string of the molecule is CCN(CC)C(=S)SC1C(=O)N=C(N(C)C)NC1=O. The summed E-state index contributed by atoms with van der Waals surface area (Å²) in [5.41, 5.74) is 0. The van der Waals surface area contributed by atoms with E-state index >= 15 is 0 Å². The van der Waals surface area contributed by atoms with Gasteiger partial charge in [0.15, 0.2) is 5.25 Å². The molecule has 8 heteroatoms. The highest BCUT2D eigenvalue weighted by atomic mass is 32.2. The molecule has 0 saturated heterocycles. The highest BCUT2D eigenvalue weighted by Gasteiger charge is 2.34. The van der Waals surface area contributed by atoms with E-state index in [1.165, 1.54) is 0 Å². The van der Waals surface area contributed by atoms with E-state index in [2.05, 4.69) is 10.3 Å². The molecule has 0 aromatic carbocycles. The maximum atomic E-state index is 11.9. The van der Waals surface area contributed by atoms with Crippen LogP contribution in [0.2, 0.25) is 0 Å². The lowest BCUT2D eigenvalue weighted by molar-refractivity contribution is -0.126. The summed E-state index contributed by atoms with van der Waals surface area (Å²) in [6, 6.07) is 0. The molecule has 106 valence electrons. The molecule has 1 aliphatic heterocycles. The van der Waals surface area contributed by atoms with E-state index in [1.807, 2.05) is 18.7 Å². The third-order valence-electron chi connectivity index (χ3n) is 2.58. The number of carbonyl (C=O) groups is 2. The van der Waals surface area contributed by atoms with Crippen molar-refractivity contribution in [2.24, 2.45) is 4.99 Å². The molecule has 1 unspecified atom stereocenters. The maximum Gasteiger partial charge on any atom is 0.272 e. The Bertz CT molecular complexity index is 419. The molecule has 2 amide bonds. The first kappa shape index (κ1) is 15.9. The summed E-state index contributed by atoms with van der Waals surface area (Å²) in [5, 5.41) is 1.70. The van der Waals surface area contributed by atoms with E-state index in [-0.39, 0.29) is 11.9 Å². The summed E-state index contributed by atoms with van der Waals surface area (Å²) < 4.78 is 0.544. The number of hydrogen-bond donors (Lipinski definition) is 1. The number of hydrogen-bond acceptors (Lipinski definition) is 5. The van der Waals surface area contributed by atoms with Crippen LogP contribution in [0.15, 0.2) is 4.99 Å². The maximum absolute atomic E-state index is 11.9. The van der Waals surface area contributed by atoms with Crippen molar-refractivity contribution in [2.45, 2.75) is 19.1 Å². The molecule has 0 aromatic rings. The number of guanidine groups is 1. The average Bonchev–Trinajstić information content (AvgIpc) is 2.34. The van der Waals surface area contributed by atoms with Crippen molar-refractivity contribution in [1.29, 1.82) is 0 Å². The minimum absolute atomic E-state index is 0.264. The number of aliphatic imine (C=N–C) groups is 1. The first-order valence-corrected chi connectivity index (χ1v) is 7.25. The highest BCUT2D eigenvalue weighted by molar-refractivity contribution is 8.24. The first-order valence-electron chi connectivity index (χ1n) is 5.97. The molecule has 1 rings (SSSR count). The van der Waals surface area contributed by atoms with Gasteiger partial charge in [0.2, 0.25) is 11.9 Å². The minimum Gasteiger partial charge on any atom is -0.358 e. The quantitative estimate of drug-likeness (QED) is 0.597. The van der Waals surface area contributed by atoms with Crippen LogP contribution < -0.4 is 5.32 Å². The van der Waals surface area contributed by atoms with Crippen molar-refractivity contribution >= 4 is 46.1 Å². The van der Waals surface area contributed by atoms with Crippen molar-refractivity contribution in [2.75, 3.05) is 27.2 Å². The van der Waals surface area contributed by atoms with Crippen LogP contribution in [0.1, 0.15) is 13.8 Å². The lowest BCUT2D eigenvalue weighted by atomic mass is 10.3. The Morgan fingerprint density at radius 1 is 1.37 bits per heavy atom. The monoisotopic (exact) mass is 302 g/mol. The average molecular weight is 302 g/mol. The van der Waals surface area contributed by atoms with Crippen molar-refractivity contribution in [3.05, 3.63) is 0 Å². The number of rotatable bonds is 3. The largest absolute Gasteiger partial charge is 0.358 e. The predicted octanol–water partition coefficient (Wildman–Crippen LogP) is 0.289. The minimum atomic E-state index is -0.892. The van der Waals surface area contributed by atoms with E-state index in [0.717, 1.165) is 24.9 Å². The molecule has 1 atom stereocenters. The molecule has 0 saturated carbocycles. The van der Waals surface area contributed by atoms with Crippen LogP contribution in [0.4, 0.5) is 0 Å². The van der Waals surface area contributed by atoms with Crippen molar-refractivity contribution in [1.82, 2.24) is 15.1 Å². The normalized spacial score (nSPS) is 18.7. The number of carbonyl (C=O) groups excluding carboxylic acids is 2. The Kier molecular flexibility index (Phi) is 5.74. The Labute approximate surface area is 122 Å². The second-order valence-electron chi connectivity index (χ2n) is 4.09. The van der Waals surface area contributed by atoms with Crippen LogP contribution in [-0.4, -0.2) is 64.3 Å². The van der Waals surface area contributed by atoms with Gasteiger partial charge in [0.1, 0.15) is 4.32 Å². The molecular weight excluding hydrogens is 284 g/mol. The summed E-state index contributed by atoms with van der Waals surface area (Å²) >= 11 is 6.32. The van der Waals surface area contributed by atoms with Crippen LogP contribution in [0.5, 0.6) is 0 Å². The number of amides is 2. The highest BCUT2D eigenvalue weighted by Crippen LogP contribution is 2.20. The van der Waals surface area contributed by atoms with E-state index in [4.69, 9.17) is 12.2 Å². The van der Waals surface area contributed by atoms with Gasteiger partial charge in [-0.1, -0.05) is 24.0 Å². The van der Waals surface area contributed by atoms with Gasteiger partial charge in [-0.3, -0.25) is 14.9 Å². The van der Waals surface area contributed by atoms with Gasteiger partial charge >= 0.3 is 0 Å². The van der Waals surface area contributed by atoms with Crippen LogP contribution in [0.3, 0.4) is 0 Å². The molecule has 1 N–H and O–H groups in total. The lowest BCUT2D eigenvalue weighted by Gasteiger charge is -2.26. The van der Waals surface area contributed by atoms with Crippen LogP contribution in [-0.2, 0) is 9.59 Å². The first-order chi connectivity index (χ1) is 8.90. The fraction of sp³-hybridized carbons (Fsp3) is 0.636. The van der Waals surface area contributed by atoms with E-state index in [0.29, 0.717) is 4.32 Å². The molecule has 1 aliphatic rings. The zero-order valence-corrected chi connectivity index (χ0v) is 13.1. The van der Waals surface area contributed by atoms with Crippen LogP contribution in [0.25, 0.3) is 0 Å². The lowest BCUT2D eigenvalue weighted by Crippen LogP contribution is -2.51. The van der Waals surface area contributed by atoms with E-state index < -0.39 is 11.2 Å². The van der Waals surface area contributed by atoms with Gasteiger partial charge in [-0.2, -0.15) is 4.99 Å². The third kappa shape index (κ3) is 3.90. The molecule has 1 heterocycles. The number of nitrogens with zero attached hydrogens (tertiary/aromatic N) is 3. The fourth-order valence-corrected chi connectivity index (χ4v) is 2.93. The van der Waals surface area contributed by atoms with Gasteiger partial charge in [-0.05, 0) is 13.8 Å². The molecule has 0 spiro atoms. The Balaban J connectivity index is 2.78. The zero-order chi connectivity index (χ0) is 14.6. The Morgan fingerprint density at radius 2 is 1.95 bits per heavy atom. The molecule has 0 bridgehead atoms. The summed E-state index contributed by atoms with van der Waals surface area (Å²) in [7, 11) is 3.42. The van der Waals surface area contributed by atoms with Crippen molar-refractivity contribution in [3.63, 3.8) is 0 Å². The Hall–Kier alpha value is -1.15. The zero-order valence-electron chi connectivity index (χ0n) is 11.5. The van der Waals surface area contributed by atoms with E-state index in [9.17, 15) is 9.59 Å². The van der Waals surface area contributed by atoms with Crippen LogP contribution in [0, 0.1) is 0 Å². The van der Waals surface area contributed by atoms with Gasteiger partial charge < -0.3 is 9.80 Å². The van der Waals surface area contributed by atoms with Gasteiger partial charge in [-0.25, -0.2) is 0 Å². The van der Waals surface area contributed by atoms with Gasteiger partial charge in [0, 0.05) is 27.2 Å². The van der Waals surface area contributed by atoms with Gasteiger partial charge in [0.25, 0.3) is 5.91 Å². The summed E-state index contributed by atoms with van der Waals surface area (Å²) in [4.78, 5) is 31.2. The molecule has 0 fully saturated rings. The third-order valence-corrected chi connectivity index (χ3v) is 4.24. The number of thiocarbonyl (C=S) groups is 1. The predicted molar refractivity (Wildman–Crippen MR) is 81.2 cm³/mol. The molecule has 0 aromatic heterocycles. The second kappa shape index (κ2) is 6.85. The smallest absolute Gasteiger partial charge is 0.272 e. The number of nitrogens with one attached hydrogen (secondary N) is 1. The topological polar surface area (TPSA) is 65.0 Å². The Morgan fingerprint density at radius 3 is 2.37 bits per heavy atom. The number of thioether (sulfide) groups is 1. The molecule has 19 heavy (non-hydrogen) atoms. The van der Waals surface area contributed by atoms with Gasteiger partial charge in [0.05, 0.1) is 0 Å².